The Morgan fingerprint density at radius 2 is 2.17 bits per heavy atom. The number of nitrogens with zero attached hydrogens (tertiary/aromatic N) is 2. The van der Waals surface area contributed by atoms with Crippen molar-refractivity contribution in [1.82, 2.24) is 0 Å². The van der Waals surface area contributed by atoms with Crippen molar-refractivity contribution >= 4 is 35.1 Å². The Kier molecular flexibility index (Phi) is 4.71. The molecule has 124 valence electrons. The van der Waals surface area contributed by atoms with E-state index < -0.39 is 0 Å². The zero-order valence-electron chi connectivity index (χ0n) is 13.3. The van der Waals surface area contributed by atoms with Crippen LogP contribution in [-0.4, -0.2) is 31.8 Å². The number of carbonyl (C=O) groups excluding carboxylic acids is 1. The lowest BCUT2D eigenvalue weighted by Gasteiger charge is -2.23. The first-order valence-corrected chi connectivity index (χ1v) is 8.11. The van der Waals surface area contributed by atoms with E-state index in [2.05, 4.69) is 4.99 Å². The Hall–Kier alpha value is -2.53. The largest absolute Gasteiger partial charge is 0.492 e. The smallest absolute Gasteiger partial charge is 0.258 e. The summed E-state index contributed by atoms with van der Waals surface area (Å²) >= 11 is 6.21. The Morgan fingerprint density at radius 1 is 1.33 bits per heavy atom. The monoisotopic (exact) mass is 343 g/mol. The van der Waals surface area contributed by atoms with E-state index in [0.29, 0.717) is 41.7 Å². The standard InChI is InChI=1S/C18H18ClN3O2/c1-2-24-17-6-3-12(10-15(17)19)18(23)22-8-7-21-11-13-9-14(20)4-5-16(13)22/h3-6,9-11H,2,7-8,20H2,1H3. The number of nitrogen functional groups attached to an aromatic ring is 1. The van der Waals surface area contributed by atoms with Crippen molar-refractivity contribution in [1.29, 1.82) is 0 Å². The molecule has 0 spiro atoms. The van der Waals surface area contributed by atoms with Crippen molar-refractivity contribution in [2.45, 2.75) is 6.92 Å². The van der Waals surface area contributed by atoms with Crippen LogP contribution in [0.3, 0.4) is 0 Å². The molecule has 1 aliphatic heterocycles. The number of fused-ring (bicyclic) bond motifs is 1. The van der Waals surface area contributed by atoms with Crippen molar-refractivity contribution in [3.8, 4) is 5.75 Å². The number of benzene rings is 2. The summed E-state index contributed by atoms with van der Waals surface area (Å²) in [5.41, 5.74) is 8.60. The fraction of sp³-hybridized carbons (Fsp3) is 0.222. The first-order chi connectivity index (χ1) is 11.6. The molecule has 0 radical (unpaired) electrons. The predicted octanol–water partition coefficient (Wildman–Crippen LogP) is 3.40. The topological polar surface area (TPSA) is 67.9 Å². The molecule has 1 aliphatic rings. The number of hydrogen-bond acceptors (Lipinski definition) is 4. The molecule has 0 saturated carbocycles. The molecule has 0 saturated heterocycles. The summed E-state index contributed by atoms with van der Waals surface area (Å²) in [4.78, 5) is 19.0. The zero-order chi connectivity index (χ0) is 17.1. The maximum Gasteiger partial charge on any atom is 0.258 e. The number of rotatable bonds is 3. The maximum atomic E-state index is 13.0. The van der Waals surface area contributed by atoms with E-state index in [9.17, 15) is 4.79 Å². The number of nitrogens with two attached hydrogens (primary N) is 1. The van der Waals surface area contributed by atoms with Crippen LogP contribution in [0.1, 0.15) is 22.8 Å². The Bertz CT molecular complexity index is 805. The van der Waals surface area contributed by atoms with Gasteiger partial charge < -0.3 is 15.4 Å². The Labute approximate surface area is 145 Å². The van der Waals surface area contributed by atoms with Crippen LogP contribution in [0.15, 0.2) is 41.4 Å². The van der Waals surface area contributed by atoms with E-state index in [0.717, 1.165) is 11.3 Å². The second kappa shape index (κ2) is 6.93. The van der Waals surface area contributed by atoms with E-state index in [1.54, 1.807) is 35.4 Å². The van der Waals surface area contributed by atoms with Gasteiger partial charge in [0.2, 0.25) is 0 Å². The molecule has 0 bridgehead atoms. The fourth-order valence-corrected chi connectivity index (χ4v) is 2.87. The van der Waals surface area contributed by atoms with Crippen LogP contribution < -0.4 is 15.4 Å². The number of anilines is 2. The van der Waals surface area contributed by atoms with Crippen molar-refractivity contribution in [2.75, 3.05) is 30.3 Å². The van der Waals surface area contributed by atoms with Gasteiger partial charge in [-0.1, -0.05) is 11.6 Å². The third-order valence-corrected chi connectivity index (χ3v) is 4.04. The summed E-state index contributed by atoms with van der Waals surface area (Å²) in [7, 11) is 0. The molecular weight excluding hydrogens is 326 g/mol. The van der Waals surface area contributed by atoms with Crippen molar-refractivity contribution in [3.63, 3.8) is 0 Å². The number of hydrogen-bond donors (Lipinski definition) is 1. The van der Waals surface area contributed by atoms with Crippen LogP contribution >= 0.6 is 11.6 Å². The molecule has 0 fully saturated rings. The second-order valence-corrected chi connectivity index (χ2v) is 5.80. The first kappa shape index (κ1) is 16.3. The van der Waals surface area contributed by atoms with Gasteiger partial charge >= 0.3 is 0 Å². The molecule has 3 rings (SSSR count). The summed E-state index contributed by atoms with van der Waals surface area (Å²) in [5, 5.41) is 0.423. The third-order valence-electron chi connectivity index (χ3n) is 3.75. The van der Waals surface area contributed by atoms with Gasteiger partial charge in [-0.05, 0) is 43.3 Å². The average molecular weight is 344 g/mol. The zero-order valence-corrected chi connectivity index (χ0v) is 14.1. The number of ether oxygens (including phenoxy) is 1. The molecule has 0 unspecified atom stereocenters. The fourth-order valence-electron chi connectivity index (χ4n) is 2.64. The minimum atomic E-state index is -0.128. The van der Waals surface area contributed by atoms with Gasteiger partial charge in [0.05, 0.1) is 23.9 Å². The van der Waals surface area contributed by atoms with Gasteiger partial charge in [-0.3, -0.25) is 9.79 Å². The van der Waals surface area contributed by atoms with Gasteiger partial charge in [-0.15, -0.1) is 0 Å². The van der Waals surface area contributed by atoms with Crippen LogP contribution in [0.4, 0.5) is 11.4 Å². The lowest BCUT2D eigenvalue weighted by Crippen LogP contribution is -2.33. The molecule has 5 nitrogen and oxygen atoms in total. The summed E-state index contributed by atoms with van der Waals surface area (Å²) in [6, 6.07) is 10.5. The van der Waals surface area contributed by atoms with Crippen molar-refractivity contribution in [3.05, 3.63) is 52.5 Å². The van der Waals surface area contributed by atoms with Crippen LogP contribution in [0.2, 0.25) is 5.02 Å². The molecule has 2 aromatic rings. The maximum absolute atomic E-state index is 13.0. The molecule has 0 aromatic heterocycles. The molecule has 6 heteroatoms. The van der Waals surface area contributed by atoms with Crippen LogP contribution in [0.5, 0.6) is 5.75 Å². The summed E-state index contributed by atoms with van der Waals surface area (Å²) in [6.45, 7) is 3.43. The summed E-state index contributed by atoms with van der Waals surface area (Å²) in [6.07, 6.45) is 1.75. The highest BCUT2D eigenvalue weighted by Gasteiger charge is 2.22. The van der Waals surface area contributed by atoms with Crippen molar-refractivity contribution in [2.24, 2.45) is 4.99 Å². The molecule has 0 aliphatic carbocycles. The number of benzodiazepines with no additional fused rings is 1. The van der Waals surface area contributed by atoms with E-state index in [4.69, 9.17) is 22.1 Å². The molecule has 1 heterocycles. The minimum Gasteiger partial charge on any atom is -0.492 e. The summed E-state index contributed by atoms with van der Waals surface area (Å²) < 4.78 is 5.42. The first-order valence-electron chi connectivity index (χ1n) is 7.73. The van der Waals surface area contributed by atoms with E-state index >= 15 is 0 Å². The number of halogens is 1. The number of aliphatic imine (C=N–C) groups is 1. The molecule has 24 heavy (non-hydrogen) atoms. The molecule has 2 N–H and O–H groups in total. The minimum absolute atomic E-state index is 0.128. The highest BCUT2D eigenvalue weighted by atomic mass is 35.5. The summed E-state index contributed by atoms with van der Waals surface area (Å²) in [5.74, 6) is 0.444. The van der Waals surface area contributed by atoms with E-state index in [1.165, 1.54) is 0 Å². The highest BCUT2D eigenvalue weighted by molar-refractivity contribution is 6.32. The van der Waals surface area contributed by atoms with E-state index in [-0.39, 0.29) is 5.91 Å². The van der Waals surface area contributed by atoms with Gasteiger partial charge in [0, 0.05) is 29.6 Å². The quantitative estimate of drug-likeness (QED) is 0.868. The van der Waals surface area contributed by atoms with Crippen LogP contribution in [-0.2, 0) is 0 Å². The van der Waals surface area contributed by atoms with Gasteiger partial charge in [0.1, 0.15) is 5.75 Å². The predicted molar refractivity (Wildman–Crippen MR) is 97.6 cm³/mol. The van der Waals surface area contributed by atoms with Crippen LogP contribution in [0.25, 0.3) is 0 Å². The van der Waals surface area contributed by atoms with Crippen molar-refractivity contribution < 1.29 is 9.53 Å². The molecule has 2 aromatic carbocycles. The van der Waals surface area contributed by atoms with Gasteiger partial charge in [0.15, 0.2) is 0 Å². The molecule has 0 atom stereocenters. The third kappa shape index (κ3) is 3.21. The Balaban J connectivity index is 1.95. The SMILES string of the molecule is CCOc1ccc(C(=O)N2CCN=Cc3cc(N)ccc32)cc1Cl. The molecular formula is C18H18ClN3O2. The van der Waals surface area contributed by atoms with Gasteiger partial charge in [-0.2, -0.15) is 0 Å². The van der Waals surface area contributed by atoms with Gasteiger partial charge in [-0.25, -0.2) is 0 Å². The van der Waals surface area contributed by atoms with Crippen LogP contribution in [0, 0.1) is 0 Å². The number of carbonyl (C=O) groups is 1. The number of amides is 1. The lowest BCUT2D eigenvalue weighted by atomic mass is 10.1. The van der Waals surface area contributed by atoms with Gasteiger partial charge in [0.25, 0.3) is 5.91 Å². The molecule has 1 amide bonds. The lowest BCUT2D eigenvalue weighted by molar-refractivity contribution is 0.0987. The highest BCUT2D eigenvalue weighted by Crippen LogP contribution is 2.29. The normalized spacial score (nSPS) is 13.3. The average Bonchev–Trinajstić information content (AvgIpc) is 2.78. The Morgan fingerprint density at radius 3 is 2.92 bits per heavy atom. The van der Waals surface area contributed by atoms with E-state index in [1.807, 2.05) is 19.1 Å². The second-order valence-electron chi connectivity index (χ2n) is 5.39.